The van der Waals surface area contributed by atoms with Gasteiger partial charge in [0, 0.05) is 0 Å². The Hall–Kier alpha value is -0.503. The van der Waals surface area contributed by atoms with E-state index in [-0.39, 0.29) is 0 Å². The van der Waals surface area contributed by atoms with Crippen molar-refractivity contribution < 1.29 is 32.8 Å². The van der Waals surface area contributed by atoms with Crippen molar-refractivity contribution in [1.82, 2.24) is 0 Å². The molecule has 0 aliphatic heterocycles. The number of hydrogen-bond donors (Lipinski definition) is 0. The molecule has 8 heteroatoms. The average Bonchev–Trinajstić information content (AvgIpc) is 2.59. The van der Waals surface area contributed by atoms with Gasteiger partial charge in [-0.05, 0) is 19.6 Å². The summed E-state index contributed by atoms with van der Waals surface area (Å²) in [4.78, 5) is 0. The van der Waals surface area contributed by atoms with Crippen LogP contribution in [0, 0.1) is 12.3 Å². The first-order chi connectivity index (χ1) is 12.6. The Balaban J connectivity index is 3.02. The van der Waals surface area contributed by atoms with Crippen molar-refractivity contribution in [1.29, 1.82) is 0 Å². The first-order valence-corrected chi connectivity index (χ1v) is 12.5. The SMILES string of the molecule is C#CCOCCOCCOCCOCCOCCOCCO[Si](C)(C)C. The summed E-state index contributed by atoms with van der Waals surface area (Å²) in [5.74, 6) is 2.39. The average molecular weight is 393 g/mol. The molecule has 154 valence electrons. The minimum Gasteiger partial charge on any atom is -0.415 e. The van der Waals surface area contributed by atoms with E-state index in [4.69, 9.17) is 39.3 Å². The molecule has 7 nitrogen and oxygen atoms in total. The van der Waals surface area contributed by atoms with E-state index in [9.17, 15) is 0 Å². The molecule has 0 N–H and O–H groups in total. The Morgan fingerprint density at radius 1 is 0.538 bits per heavy atom. The smallest absolute Gasteiger partial charge is 0.183 e. The van der Waals surface area contributed by atoms with Gasteiger partial charge in [0.1, 0.15) is 6.61 Å². The molecule has 0 saturated carbocycles. The minimum atomic E-state index is -1.43. The van der Waals surface area contributed by atoms with Gasteiger partial charge in [-0.1, -0.05) is 5.92 Å². The van der Waals surface area contributed by atoms with Crippen molar-refractivity contribution in [3.8, 4) is 12.3 Å². The molecule has 0 aliphatic rings. The summed E-state index contributed by atoms with van der Waals surface area (Å²) in [5.41, 5.74) is 0. The third kappa shape index (κ3) is 23.5. The Labute approximate surface area is 159 Å². The highest BCUT2D eigenvalue weighted by atomic mass is 28.4. The maximum absolute atomic E-state index is 5.68. The Morgan fingerprint density at radius 3 is 1.15 bits per heavy atom. The molecule has 0 aromatic rings. The van der Waals surface area contributed by atoms with Gasteiger partial charge in [-0.3, -0.25) is 0 Å². The van der Waals surface area contributed by atoms with E-state index >= 15 is 0 Å². The van der Waals surface area contributed by atoms with E-state index in [1.807, 2.05) is 0 Å². The van der Waals surface area contributed by atoms with Crippen molar-refractivity contribution in [2.45, 2.75) is 19.6 Å². The number of ether oxygens (including phenoxy) is 6. The number of rotatable bonds is 20. The lowest BCUT2D eigenvalue weighted by Gasteiger charge is -2.16. The summed E-state index contributed by atoms with van der Waals surface area (Å²) < 4.78 is 37.7. The van der Waals surface area contributed by atoms with E-state index in [0.29, 0.717) is 85.9 Å². The van der Waals surface area contributed by atoms with Crippen LogP contribution in [-0.4, -0.2) is 94.2 Å². The van der Waals surface area contributed by atoms with Gasteiger partial charge in [-0.15, -0.1) is 6.42 Å². The first-order valence-electron chi connectivity index (χ1n) is 9.10. The molecule has 0 aromatic carbocycles. The molecule has 0 spiro atoms. The van der Waals surface area contributed by atoms with Crippen LogP contribution in [0.1, 0.15) is 0 Å². The van der Waals surface area contributed by atoms with E-state index in [1.54, 1.807) is 0 Å². The highest BCUT2D eigenvalue weighted by Crippen LogP contribution is 2.01. The summed E-state index contributed by atoms with van der Waals surface area (Å²) >= 11 is 0. The van der Waals surface area contributed by atoms with Crippen molar-refractivity contribution in [2.24, 2.45) is 0 Å². The predicted molar refractivity (Wildman–Crippen MR) is 103 cm³/mol. The Bertz CT molecular complexity index is 328. The lowest BCUT2D eigenvalue weighted by Crippen LogP contribution is -2.27. The second-order valence-corrected chi connectivity index (χ2v) is 10.8. The fourth-order valence-corrected chi connectivity index (χ4v) is 2.33. The Morgan fingerprint density at radius 2 is 0.846 bits per heavy atom. The second kappa shape index (κ2) is 19.3. The molecule has 0 radical (unpaired) electrons. The van der Waals surface area contributed by atoms with Gasteiger partial charge in [0.05, 0.1) is 79.3 Å². The zero-order valence-corrected chi connectivity index (χ0v) is 17.6. The normalized spacial score (nSPS) is 11.6. The third-order valence-electron chi connectivity index (χ3n) is 2.81. The van der Waals surface area contributed by atoms with Gasteiger partial charge >= 0.3 is 0 Å². The van der Waals surface area contributed by atoms with Crippen molar-refractivity contribution in [2.75, 3.05) is 85.9 Å². The summed E-state index contributed by atoms with van der Waals surface area (Å²) in [6, 6.07) is 0. The van der Waals surface area contributed by atoms with E-state index in [1.165, 1.54) is 0 Å². The quantitative estimate of drug-likeness (QED) is 0.177. The van der Waals surface area contributed by atoms with Crippen LogP contribution >= 0.6 is 0 Å². The summed E-state index contributed by atoms with van der Waals surface area (Å²) in [6.45, 7) is 13.5. The van der Waals surface area contributed by atoms with Gasteiger partial charge < -0.3 is 32.8 Å². The fourth-order valence-electron chi connectivity index (χ4n) is 1.64. The zero-order chi connectivity index (χ0) is 19.3. The summed E-state index contributed by atoms with van der Waals surface area (Å²) in [7, 11) is -1.43. The molecule has 26 heavy (non-hydrogen) atoms. The lowest BCUT2D eigenvalue weighted by atomic mass is 10.6. The van der Waals surface area contributed by atoms with E-state index < -0.39 is 8.32 Å². The van der Waals surface area contributed by atoms with Crippen LogP contribution in [-0.2, 0) is 32.8 Å². The summed E-state index contributed by atoms with van der Waals surface area (Å²) in [6.07, 6.45) is 5.05. The maximum Gasteiger partial charge on any atom is 0.183 e. The molecular weight excluding hydrogens is 356 g/mol. The van der Waals surface area contributed by atoms with Crippen LogP contribution in [0.2, 0.25) is 19.6 Å². The van der Waals surface area contributed by atoms with Crippen LogP contribution in [0.15, 0.2) is 0 Å². The van der Waals surface area contributed by atoms with E-state index in [2.05, 4.69) is 25.6 Å². The second-order valence-electron chi connectivity index (χ2n) is 6.28. The molecule has 0 aliphatic carbocycles. The number of hydrogen-bond acceptors (Lipinski definition) is 7. The molecular formula is C18H36O7Si. The van der Waals surface area contributed by atoms with Gasteiger partial charge in [-0.25, -0.2) is 0 Å². The standard InChI is InChI=1S/C18H36O7Si/c1-5-6-19-7-8-20-9-10-21-11-12-22-13-14-23-15-16-24-17-18-25-26(2,3)4/h1H,6-18H2,2-4H3. The predicted octanol–water partition coefficient (Wildman–Crippen LogP) is 1.57. The maximum atomic E-state index is 5.68. The van der Waals surface area contributed by atoms with Gasteiger partial charge in [-0.2, -0.15) is 0 Å². The molecule has 0 rings (SSSR count). The lowest BCUT2D eigenvalue weighted by molar-refractivity contribution is -0.0168. The van der Waals surface area contributed by atoms with Crippen LogP contribution in [0.4, 0.5) is 0 Å². The van der Waals surface area contributed by atoms with Gasteiger partial charge in [0.25, 0.3) is 0 Å². The van der Waals surface area contributed by atoms with Crippen molar-refractivity contribution in [3.63, 3.8) is 0 Å². The van der Waals surface area contributed by atoms with E-state index in [0.717, 1.165) is 0 Å². The monoisotopic (exact) mass is 392 g/mol. The molecule has 0 saturated heterocycles. The fraction of sp³-hybridized carbons (Fsp3) is 0.889. The molecule has 0 fully saturated rings. The van der Waals surface area contributed by atoms with Crippen molar-refractivity contribution in [3.05, 3.63) is 0 Å². The highest BCUT2D eigenvalue weighted by Gasteiger charge is 2.12. The number of terminal acetylenes is 1. The summed E-state index contributed by atoms with van der Waals surface area (Å²) in [5, 5.41) is 0. The van der Waals surface area contributed by atoms with Crippen LogP contribution in [0.3, 0.4) is 0 Å². The molecule has 0 aromatic heterocycles. The topological polar surface area (TPSA) is 64.6 Å². The van der Waals surface area contributed by atoms with Crippen LogP contribution in [0.25, 0.3) is 0 Å². The van der Waals surface area contributed by atoms with Gasteiger partial charge in [0.2, 0.25) is 0 Å². The van der Waals surface area contributed by atoms with Crippen LogP contribution in [0.5, 0.6) is 0 Å². The van der Waals surface area contributed by atoms with Crippen LogP contribution < -0.4 is 0 Å². The Kier molecular flexibility index (Phi) is 18.9. The molecule has 0 bridgehead atoms. The minimum absolute atomic E-state index is 0.321. The van der Waals surface area contributed by atoms with Gasteiger partial charge in [0.15, 0.2) is 8.32 Å². The molecule has 0 heterocycles. The first kappa shape index (κ1) is 25.5. The molecule has 0 amide bonds. The largest absolute Gasteiger partial charge is 0.415 e. The zero-order valence-electron chi connectivity index (χ0n) is 16.6. The molecule has 0 atom stereocenters. The third-order valence-corrected chi connectivity index (χ3v) is 3.88. The van der Waals surface area contributed by atoms with Crippen molar-refractivity contribution >= 4 is 8.32 Å². The highest BCUT2D eigenvalue weighted by molar-refractivity contribution is 6.69. The molecule has 0 unspecified atom stereocenters.